The van der Waals surface area contributed by atoms with Crippen LogP contribution in [0.4, 0.5) is 0 Å². The van der Waals surface area contributed by atoms with Gasteiger partial charge in [-0.05, 0) is 12.8 Å². The summed E-state index contributed by atoms with van der Waals surface area (Å²) in [5, 5.41) is 0. The highest BCUT2D eigenvalue weighted by molar-refractivity contribution is 6.19. The zero-order valence-corrected chi connectivity index (χ0v) is 4.96. The van der Waals surface area contributed by atoms with Gasteiger partial charge >= 0.3 is 0 Å². The first-order chi connectivity index (χ1) is 3.41. The van der Waals surface area contributed by atoms with Gasteiger partial charge in [0.05, 0.1) is 12.5 Å². The molecule has 40 valence electrons. The van der Waals surface area contributed by atoms with Crippen LogP contribution >= 0.6 is 11.6 Å². The van der Waals surface area contributed by atoms with E-state index in [1.165, 1.54) is 0 Å². The minimum absolute atomic E-state index is 0.347. The second-order valence-electron chi connectivity index (χ2n) is 0.845. The van der Waals surface area contributed by atoms with Crippen molar-refractivity contribution in [3.63, 3.8) is 0 Å². The van der Waals surface area contributed by atoms with Crippen molar-refractivity contribution in [1.82, 2.24) is 0 Å². The van der Waals surface area contributed by atoms with Crippen LogP contribution in [0.5, 0.6) is 0 Å². The minimum atomic E-state index is 0.347. The van der Waals surface area contributed by atoms with Crippen molar-refractivity contribution in [2.24, 2.45) is 0 Å². The number of halogens is 1. The molecule has 0 atom stereocenters. The summed E-state index contributed by atoms with van der Waals surface area (Å²) in [6, 6.07) is 0. The Bertz CT molecular complexity index is 79.8. The van der Waals surface area contributed by atoms with E-state index >= 15 is 0 Å². The Hall–Kier alpha value is -0.350. The van der Waals surface area contributed by atoms with Gasteiger partial charge < -0.3 is 4.74 Å². The first-order valence-corrected chi connectivity index (χ1v) is 2.61. The Balaban J connectivity index is 2.91. The molecule has 0 saturated heterocycles. The summed E-state index contributed by atoms with van der Waals surface area (Å²) in [5.41, 5.74) is 0. The monoisotopic (exact) mass is 118 g/mol. The van der Waals surface area contributed by atoms with Crippen molar-refractivity contribution >= 4 is 11.6 Å². The van der Waals surface area contributed by atoms with Gasteiger partial charge in [0.2, 0.25) is 0 Å². The van der Waals surface area contributed by atoms with Crippen LogP contribution in [0.15, 0.2) is 0 Å². The predicted molar refractivity (Wildman–Crippen MR) is 30.1 cm³/mol. The Kier molecular flexibility index (Phi) is 5.37. The maximum absolute atomic E-state index is 5.18. The predicted octanol–water partition coefficient (Wildman–Crippen LogP) is 1.22. The Morgan fingerprint density at radius 2 is 2.43 bits per heavy atom. The molecule has 0 unspecified atom stereocenters. The first kappa shape index (κ1) is 6.65. The summed E-state index contributed by atoms with van der Waals surface area (Å²) >= 11 is 5.18. The standard InChI is InChI=1S/C5H7ClO/c1-2-7-5-3-4-6/h2,4H2,1H3. The maximum Gasteiger partial charge on any atom is 0.111 e. The number of hydrogen-bond acceptors (Lipinski definition) is 1. The van der Waals surface area contributed by atoms with Gasteiger partial charge in [0.1, 0.15) is 6.11 Å². The van der Waals surface area contributed by atoms with Gasteiger partial charge in [-0.3, -0.25) is 0 Å². The molecule has 0 amide bonds. The van der Waals surface area contributed by atoms with Crippen LogP contribution in [0.3, 0.4) is 0 Å². The molecule has 0 aromatic rings. The number of alkyl halides is 1. The molecule has 0 aromatic carbocycles. The second kappa shape index (κ2) is 5.65. The van der Waals surface area contributed by atoms with Crippen LogP contribution in [-0.4, -0.2) is 12.5 Å². The Morgan fingerprint density at radius 1 is 1.71 bits per heavy atom. The molecule has 7 heavy (non-hydrogen) atoms. The van der Waals surface area contributed by atoms with Crippen LogP contribution in [0, 0.1) is 12.0 Å². The van der Waals surface area contributed by atoms with E-state index in [1.54, 1.807) is 0 Å². The molecule has 2 heteroatoms. The molecule has 0 rings (SSSR count). The average Bonchev–Trinajstić information content (AvgIpc) is 1.69. The van der Waals surface area contributed by atoms with Crippen molar-refractivity contribution in [1.29, 1.82) is 0 Å². The van der Waals surface area contributed by atoms with Gasteiger partial charge in [-0.25, -0.2) is 0 Å². The number of ether oxygens (including phenoxy) is 1. The van der Waals surface area contributed by atoms with E-state index in [1.807, 2.05) is 6.92 Å². The third-order valence-electron chi connectivity index (χ3n) is 0.355. The van der Waals surface area contributed by atoms with Crippen molar-refractivity contribution in [2.75, 3.05) is 12.5 Å². The van der Waals surface area contributed by atoms with Crippen molar-refractivity contribution in [3.8, 4) is 12.0 Å². The lowest BCUT2D eigenvalue weighted by molar-refractivity contribution is 0.299. The highest BCUT2D eigenvalue weighted by Crippen LogP contribution is 1.69. The van der Waals surface area contributed by atoms with Gasteiger partial charge in [-0.15, -0.1) is 11.6 Å². The fourth-order valence-electron chi connectivity index (χ4n) is 0.150. The van der Waals surface area contributed by atoms with Crippen molar-refractivity contribution < 1.29 is 4.74 Å². The smallest absolute Gasteiger partial charge is 0.111 e. The summed E-state index contributed by atoms with van der Waals surface area (Å²) in [6.45, 7) is 2.51. The average molecular weight is 119 g/mol. The minimum Gasteiger partial charge on any atom is -0.447 e. The van der Waals surface area contributed by atoms with E-state index in [2.05, 4.69) is 16.8 Å². The molecule has 0 aliphatic heterocycles. The van der Waals surface area contributed by atoms with Crippen LogP contribution in [0.1, 0.15) is 6.92 Å². The lowest BCUT2D eigenvalue weighted by atomic mass is 10.8. The third-order valence-corrected chi connectivity index (χ3v) is 0.489. The SMILES string of the molecule is CCOC#CCCl. The number of rotatable bonds is 1. The topological polar surface area (TPSA) is 9.23 Å². The molecular weight excluding hydrogens is 112 g/mol. The lowest BCUT2D eigenvalue weighted by Gasteiger charge is -1.81. The Morgan fingerprint density at radius 3 is 2.86 bits per heavy atom. The molecule has 0 bridgehead atoms. The molecule has 0 spiro atoms. The highest BCUT2D eigenvalue weighted by Gasteiger charge is 1.63. The lowest BCUT2D eigenvalue weighted by Crippen LogP contribution is -1.76. The summed E-state index contributed by atoms with van der Waals surface area (Å²) in [5.74, 6) is 2.89. The van der Waals surface area contributed by atoms with Gasteiger partial charge in [-0.2, -0.15) is 0 Å². The van der Waals surface area contributed by atoms with E-state index in [0.29, 0.717) is 12.5 Å². The van der Waals surface area contributed by atoms with E-state index in [-0.39, 0.29) is 0 Å². The van der Waals surface area contributed by atoms with Crippen LogP contribution in [-0.2, 0) is 4.74 Å². The molecular formula is C5H7ClO. The maximum atomic E-state index is 5.18. The first-order valence-electron chi connectivity index (χ1n) is 2.07. The van der Waals surface area contributed by atoms with E-state index < -0.39 is 0 Å². The van der Waals surface area contributed by atoms with Crippen LogP contribution in [0.25, 0.3) is 0 Å². The van der Waals surface area contributed by atoms with Gasteiger partial charge in [0.15, 0.2) is 0 Å². The summed E-state index contributed by atoms with van der Waals surface area (Å²) in [7, 11) is 0. The molecule has 1 nitrogen and oxygen atoms in total. The second-order valence-corrected chi connectivity index (χ2v) is 1.11. The third kappa shape index (κ3) is 5.65. The van der Waals surface area contributed by atoms with Gasteiger partial charge in [0, 0.05) is 0 Å². The van der Waals surface area contributed by atoms with E-state index in [4.69, 9.17) is 11.6 Å². The van der Waals surface area contributed by atoms with Gasteiger partial charge in [-0.1, -0.05) is 0 Å². The highest BCUT2D eigenvalue weighted by atomic mass is 35.5. The summed E-state index contributed by atoms with van der Waals surface area (Å²) in [4.78, 5) is 0. The zero-order valence-electron chi connectivity index (χ0n) is 4.20. The molecule has 0 radical (unpaired) electrons. The largest absolute Gasteiger partial charge is 0.447 e. The molecule has 0 N–H and O–H groups in total. The van der Waals surface area contributed by atoms with Crippen LogP contribution < -0.4 is 0 Å². The number of hydrogen-bond donors (Lipinski definition) is 0. The fraction of sp³-hybridized carbons (Fsp3) is 0.600. The molecule has 0 aliphatic rings. The van der Waals surface area contributed by atoms with Crippen LogP contribution in [0.2, 0.25) is 0 Å². The molecule has 0 fully saturated rings. The van der Waals surface area contributed by atoms with Gasteiger partial charge in [0.25, 0.3) is 0 Å². The van der Waals surface area contributed by atoms with Crippen molar-refractivity contribution in [3.05, 3.63) is 0 Å². The van der Waals surface area contributed by atoms with E-state index in [9.17, 15) is 0 Å². The van der Waals surface area contributed by atoms with E-state index in [0.717, 1.165) is 0 Å². The summed E-state index contributed by atoms with van der Waals surface area (Å²) in [6.07, 6.45) is 2.40. The molecule has 0 aliphatic carbocycles. The fourth-order valence-corrected chi connectivity index (χ4v) is 0.205. The molecule has 0 saturated carbocycles. The Labute approximate surface area is 48.6 Å². The van der Waals surface area contributed by atoms with Crippen molar-refractivity contribution in [2.45, 2.75) is 6.92 Å². The molecule has 0 aromatic heterocycles. The zero-order chi connectivity index (χ0) is 5.54. The normalized spacial score (nSPS) is 6.57. The summed E-state index contributed by atoms with van der Waals surface area (Å²) < 4.78 is 4.63. The molecule has 0 heterocycles. The quantitative estimate of drug-likeness (QED) is 0.372.